The van der Waals surface area contributed by atoms with Gasteiger partial charge in [-0.2, -0.15) is 13.2 Å². The number of carbonyl (C=O) groups excluding carboxylic acids is 1. The van der Waals surface area contributed by atoms with Gasteiger partial charge < -0.3 is 10.2 Å². The van der Waals surface area contributed by atoms with Gasteiger partial charge in [0.05, 0.1) is 0 Å². The lowest BCUT2D eigenvalue weighted by Crippen LogP contribution is -2.42. The average molecular weight is 274 g/mol. The van der Waals surface area contributed by atoms with E-state index < -0.39 is 17.9 Å². The van der Waals surface area contributed by atoms with E-state index in [0.717, 1.165) is 18.7 Å². The number of hydrogen-bond donors (Lipinski definition) is 1. The van der Waals surface area contributed by atoms with Gasteiger partial charge in [0, 0.05) is 19.8 Å². The summed E-state index contributed by atoms with van der Waals surface area (Å²) >= 11 is 0. The molecule has 5 nitrogen and oxygen atoms in total. The first-order valence-corrected chi connectivity index (χ1v) is 5.82. The summed E-state index contributed by atoms with van der Waals surface area (Å²) in [5, 5.41) is 2.49. The molecule has 1 N–H and O–H groups in total. The maximum atomic E-state index is 12.6. The van der Waals surface area contributed by atoms with Gasteiger partial charge in [0.15, 0.2) is 0 Å². The van der Waals surface area contributed by atoms with Gasteiger partial charge in [-0.1, -0.05) is 0 Å². The highest BCUT2D eigenvalue weighted by molar-refractivity contribution is 5.84. The van der Waals surface area contributed by atoms with Crippen LogP contribution in [0.25, 0.3) is 0 Å². The molecular formula is C11H13F3N4O. The minimum atomic E-state index is -4.51. The average Bonchev–Trinajstić information content (AvgIpc) is 2.86. The summed E-state index contributed by atoms with van der Waals surface area (Å²) in [5.41, 5.74) is -1.000. The van der Waals surface area contributed by atoms with Crippen LogP contribution >= 0.6 is 0 Å². The summed E-state index contributed by atoms with van der Waals surface area (Å²) < 4.78 is 37.8. The number of nitrogens with zero attached hydrogens (tertiary/aromatic N) is 3. The minimum Gasteiger partial charge on any atom is -0.357 e. The molecule has 1 saturated heterocycles. The number of halogens is 3. The van der Waals surface area contributed by atoms with Crippen molar-refractivity contribution in [1.29, 1.82) is 0 Å². The van der Waals surface area contributed by atoms with Crippen molar-refractivity contribution in [2.45, 2.75) is 25.1 Å². The maximum absolute atomic E-state index is 12.6. The van der Waals surface area contributed by atoms with Gasteiger partial charge in [0.25, 0.3) is 0 Å². The van der Waals surface area contributed by atoms with Crippen LogP contribution in [0.1, 0.15) is 18.5 Å². The number of likely N-dealkylation sites (N-methyl/N-ethyl adjacent to an activating group) is 1. The van der Waals surface area contributed by atoms with E-state index in [2.05, 4.69) is 15.3 Å². The fourth-order valence-corrected chi connectivity index (χ4v) is 2.09. The number of aromatic nitrogens is 2. The molecule has 1 fully saturated rings. The molecule has 1 aromatic heterocycles. The van der Waals surface area contributed by atoms with E-state index in [1.165, 1.54) is 11.9 Å². The predicted molar refractivity (Wildman–Crippen MR) is 61.5 cm³/mol. The van der Waals surface area contributed by atoms with Crippen molar-refractivity contribution in [1.82, 2.24) is 15.3 Å². The van der Waals surface area contributed by atoms with Gasteiger partial charge in [0.2, 0.25) is 11.9 Å². The Morgan fingerprint density at radius 3 is 2.89 bits per heavy atom. The summed E-state index contributed by atoms with van der Waals surface area (Å²) in [6, 6.07) is 0.308. The van der Waals surface area contributed by atoms with Crippen LogP contribution in [-0.4, -0.2) is 35.5 Å². The molecule has 0 bridgehead atoms. The maximum Gasteiger partial charge on any atom is 0.433 e. The minimum absolute atomic E-state index is 0.0547. The van der Waals surface area contributed by atoms with Crippen LogP contribution in [-0.2, 0) is 11.0 Å². The van der Waals surface area contributed by atoms with Crippen molar-refractivity contribution in [3.63, 3.8) is 0 Å². The van der Waals surface area contributed by atoms with Crippen LogP contribution in [0.4, 0.5) is 19.1 Å². The van der Waals surface area contributed by atoms with E-state index in [1.54, 1.807) is 0 Å². The van der Waals surface area contributed by atoms with Crippen LogP contribution in [0.3, 0.4) is 0 Å². The zero-order valence-corrected chi connectivity index (χ0v) is 10.2. The summed E-state index contributed by atoms with van der Waals surface area (Å²) in [6.07, 6.45) is -2.15. The first-order valence-electron chi connectivity index (χ1n) is 5.82. The molecular weight excluding hydrogens is 261 g/mol. The molecule has 0 saturated carbocycles. The second-order valence-corrected chi connectivity index (χ2v) is 4.21. The SMILES string of the molecule is CNC(=O)[C@H]1CCCN1c1nccc(C(F)(F)F)n1. The van der Waals surface area contributed by atoms with Crippen LogP contribution in [0, 0.1) is 0 Å². The first kappa shape index (κ1) is 13.6. The number of carbonyl (C=O) groups is 1. The van der Waals surface area contributed by atoms with E-state index in [0.29, 0.717) is 13.0 Å². The zero-order chi connectivity index (χ0) is 14.0. The van der Waals surface area contributed by atoms with E-state index in [4.69, 9.17) is 0 Å². The lowest BCUT2D eigenvalue weighted by molar-refractivity contribution is -0.141. The molecule has 1 aliphatic heterocycles. The van der Waals surface area contributed by atoms with E-state index in [-0.39, 0.29) is 11.9 Å². The first-order chi connectivity index (χ1) is 8.93. The Balaban J connectivity index is 2.29. The highest BCUT2D eigenvalue weighted by Gasteiger charge is 2.36. The molecule has 0 aromatic carbocycles. The van der Waals surface area contributed by atoms with Crippen molar-refractivity contribution in [2.75, 3.05) is 18.5 Å². The van der Waals surface area contributed by atoms with Crippen molar-refractivity contribution in [2.24, 2.45) is 0 Å². The van der Waals surface area contributed by atoms with Crippen molar-refractivity contribution in [3.05, 3.63) is 18.0 Å². The molecule has 19 heavy (non-hydrogen) atoms. The molecule has 0 aliphatic carbocycles. The lowest BCUT2D eigenvalue weighted by atomic mass is 10.2. The molecule has 1 aromatic rings. The number of hydrogen-bond acceptors (Lipinski definition) is 4. The molecule has 2 rings (SSSR count). The number of nitrogens with one attached hydrogen (secondary N) is 1. The zero-order valence-electron chi connectivity index (χ0n) is 10.2. The fourth-order valence-electron chi connectivity index (χ4n) is 2.09. The highest BCUT2D eigenvalue weighted by Crippen LogP contribution is 2.29. The van der Waals surface area contributed by atoms with Gasteiger partial charge in [-0.3, -0.25) is 4.79 Å². The third-order valence-electron chi connectivity index (χ3n) is 2.99. The largest absolute Gasteiger partial charge is 0.433 e. The predicted octanol–water partition coefficient (Wildman–Crippen LogP) is 1.21. The molecule has 1 aliphatic rings. The topological polar surface area (TPSA) is 58.1 Å². The normalized spacial score (nSPS) is 19.6. The third kappa shape index (κ3) is 2.77. The van der Waals surface area contributed by atoms with Crippen LogP contribution < -0.4 is 10.2 Å². The summed E-state index contributed by atoms with van der Waals surface area (Å²) in [7, 11) is 1.49. The molecule has 0 spiro atoms. The van der Waals surface area contributed by atoms with Gasteiger partial charge in [-0.15, -0.1) is 0 Å². The quantitative estimate of drug-likeness (QED) is 0.880. The number of amides is 1. The summed E-state index contributed by atoms with van der Waals surface area (Å²) in [6.45, 7) is 0.472. The van der Waals surface area contributed by atoms with E-state index >= 15 is 0 Å². The standard InChI is InChI=1S/C11H13F3N4O/c1-15-9(19)7-3-2-6-18(7)10-16-5-4-8(17-10)11(12,13)14/h4-5,7H,2-3,6H2,1H3,(H,15,19)/t7-/m1/s1. The number of alkyl halides is 3. The number of rotatable bonds is 2. The second kappa shape index (κ2) is 5.02. The highest BCUT2D eigenvalue weighted by atomic mass is 19.4. The third-order valence-corrected chi connectivity index (χ3v) is 2.99. The van der Waals surface area contributed by atoms with Crippen LogP contribution in [0.5, 0.6) is 0 Å². The molecule has 0 unspecified atom stereocenters. The summed E-state index contributed by atoms with van der Waals surface area (Å²) in [5.74, 6) is -0.292. The monoisotopic (exact) mass is 274 g/mol. The van der Waals surface area contributed by atoms with Gasteiger partial charge in [0.1, 0.15) is 11.7 Å². The smallest absolute Gasteiger partial charge is 0.357 e. The Labute approximate surface area is 107 Å². The Morgan fingerprint density at radius 2 is 2.26 bits per heavy atom. The fraction of sp³-hybridized carbons (Fsp3) is 0.545. The summed E-state index contributed by atoms with van der Waals surface area (Å²) in [4.78, 5) is 20.5. The van der Waals surface area contributed by atoms with E-state index in [1.807, 2.05) is 0 Å². The Kier molecular flexibility index (Phi) is 3.59. The van der Waals surface area contributed by atoms with Crippen molar-refractivity contribution < 1.29 is 18.0 Å². The molecule has 1 amide bonds. The van der Waals surface area contributed by atoms with Crippen molar-refractivity contribution in [3.8, 4) is 0 Å². The Hall–Kier alpha value is -1.86. The van der Waals surface area contributed by atoms with Crippen molar-refractivity contribution >= 4 is 11.9 Å². The van der Waals surface area contributed by atoms with Gasteiger partial charge >= 0.3 is 6.18 Å². The second-order valence-electron chi connectivity index (χ2n) is 4.21. The van der Waals surface area contributed by atoms with Gasteiger partial charge in [-0.25, -0.2) is 9.97 Å². The van der Waals surface area contributed by atoms with Crippen LogP contribution in [0.15, 0.2) is 12.3 Å². The van der Waals surface area contributed by atoms with E-state index in [9.17, 15) is 18.0 Å². The Bertz CT molecular complexity index is 477. The van der Waals surface area contributed by atoms with Crippen LogP contribution in [0.2, 0.25) is 0 Å². The number of anilines is 1. The molecule has 0 radical (unpaired) electrons. The molecule has 104 valence electrons. The lowest BCUT2D eigenvalue weighted by Gasteiger charge is -2.23. The molecule has 2 heterocycles. The molecule has 1 atom stereocenters. The Morgan fingerprint density at radius 1 is 1.53 bits per heavy atom. The molecule has 8 heteroatoms. The van der Waals surface area contributed by atoms with Gasteiger partial charge in [-0.05, 0) is 18.9 Å².